The number of aromatic nitrogens is 4. The fourth-order valence-corrected chi connectivity index (χ4v) is 3.17. The van der Waals surface area contributed by atoms with Gasteiger partial charge in [0, 0.05) is 37.4 Å². The van der Waals surface area contributed by atoms with Crippen molar-refractivity contribution in [3.63, 3.8) is 0 Å². The van der Waals surface area contributed by atoms with Crippen LogP contribution in [0.4, 0.5) is 0 Å². The van der Waals surface area contributed by atoms with Crippen molar-refractivity contribution in [1.29, 1.82) is 0 Å². The van der Waals surface area contributed by atoms with Gasteiger partial charge < -0.3 is 14.6 Å². The number of nitrogens with one attached hydrogen (secondary N) is 2. The number of H-pyrrole nitrogens is 2. The van der Waals surface area contributed by atoms with Gasteiger partial charge in [-0.05, 0) is 23.6 Å². The molecule has 1 saturated heterocycles. The highest BCUT2D eigenvalue weighted by Crippen LogP contribution is 2.32. The highest BCUT2D eigenvalue weighted by molar-refractivity contribution is 5.98. The number of rotatable bonds is 3. The normalized spacial score (nSPS) is 21.2. The van der Waals surface area contributed by atoms with Crippen molar-refractivity contribution in [2.24, 2.45) is 0 Å². The van der Waals surface area contributed by atoms with E-state index in [4.69, 9.17) is 4.74 Å². The second kappa shape index (κ2) is 5.51. The maximum Gasteiger partial charge on any atom is 0.254 e. The van der Waals surface area contributed by atoms with Crippen molar-refractivity contribution >= 4 is 16.8 Å². The minimum atomic E-state index is -0.144. The molecule has 2 aromatic heterocycles. The largest absolute Gasteiger partial charge is 0.380 e. The van der Waals surface area contributed by atoms with Gasteiger partial charge in [0.25, 0.3) is 5.91 Å². The second-order valence-electron chi connectivity index (χ2n) is 5.72. The summed E-state index contributed by atoms with van der Waals surface area (Å²) in [7, 11) is 1.67. The van der Waals surface area contributed by atoms with Gasteiger partial charge in [-0.2, -0.15) is 5.10 Å². The molecule has 0 saturated carbocycles. The number of carbonyl (C=O) groups is 1. The summed E-state index contributed by atoms with van der Waals surface area (Å²) >= 11 is 0. The van der Waals surface area contributed by atoms with Gasteiger partial charge in [0.15, 0.2) is 0 Å². The van der Waals surface area contributed by atoms with Crippen LogP contribution in [0, 0.1) is 0 Å². The lowest BCUT2D eigenvalue weighted by Crippen LogP contribution is -2.32. The Kier molecular flexibility index (Phi) is 3.34. The summed E-state index contributed by atoms with van der Waals surface area (Å²) in [6.07, 6.45) is 4.04. The highest BCUT2D eigenvalue weighted by Gasteiger charge is 2.38. The molecule has 0 aliphatic carbocycles. The van der Waals surface area contributed by atoms with Gasteiger partial charge in [0.05, 0.1) is 12.1 Å². The van der Waals surface area contributed by atoms with Crippen molar-refractivity contribution in [2.45, 2.75) is 18.6 Å². The Balaban J connectivity index is 1.67. The van der Waals surface area contributed by atoms with Gasteiger partial charge in [-0.3, -0.25) is 9.89 Å². The van der Waals surface area contributed by atoms with Crippen molar-refractivity contribution in [2.75, 3.05) is 13.7 Å². The van der Waals surface area contributed by atoms with Gasteiger partial charge in [0.2, 0.25) is 0 Å². The van der Waals surface area contributed by atoms with Gasteiger partial charge in [-0.1, -0.05) is 6.07 Å². The fourth-order valence-electron chi connectivity index (χ4n) is 3.17. The van der Waals surface area contributed by atoms with Crippen LogP contribution in [0.5, 0.6) is 0 Å². The Hall–Kier alpha value is -2.67. The molecule has 7 nitrogen and oxygen atoms in total. The van der Waals surface area contributed by atoms with E-state index in [0.717, 1.165) is 10.9 Å². The zero-order valence-corrected chi connectivity index (χ0v) is 12.7. The van der Waals surface area contributed by atoms with Crippen LogP contribution in [-0.4, -0.2) is 50.7 Å². The monoisotopic (exact) mass is 311 g/mol. The summed E-state index contributed by atoms with van der Waals surface area (Å²) < 4.78 is 5.45. The van der Waals surface area contributed by atoms with Gasteiger partial charge in [0.1, 0.15) is 12.2 Å². The second-order valence-corrected chi connectivity index (χ2v) is 5.72. The number of amides is 1. The molecule has 2 atom stereocenters. The Morgan fingerprint density at radius 2 is 2.30 bits per heavy atom. The van der Waals surface area contributed by atoms with Crippen molar-refractivity contribution in [1.82, 2.24) is 25.1 Å². The SMILES string of the molecule is CO[C@@H]1C[C@@H](c2ncn[nH]2)N(C(=O)c2ccc3cc[nH]c3c2)C1. The number of likely N-dealkylation sites (tertiary alicyclic amines) is 1. The molecule has 3 heterocycles. The smallest absolute Gasteiger partial charge is 0.254 e. The van der Waals surface area contributed by atoms with E-state index in [1.807, 2.05) is 30.5 Å². The molecule has 7 heteroatoms. The average molecular weight is 311 g/mol. The van der Waals surface area contributed by atoms with Crippen LogP contribution in [0.1, 0.15) is 28.6 Å². The quantitative estimate of drug-likeness (QED) is 0.773. The Morgan fingerprint density at radius 3 is 3.09 bits per heavy atom. The first-order valence-electron chi connectivity index (χ1n) is 7.52. The summed E-state index contributed by atoms with van der Waals surface area (Å²) in [6.45, 7) is 0.545. The van der Waals surface area contributed by atoms with E-state index >= 15 is 0 Å². The topological polar surface area (TPSA) is 86.9 Å². The van der Waals surface area contributed by atoms with E-state index in [2.05, 4.69) is 20.2 Å². The Morgan fingerprint density at radius 1 is 1.39 bits per heavy atom. The number of methoxy groups -OCH3 is 1. The van der Waals surface area contributed by atoms with Crippen LogP contribution >= 0.6 is 0 Å². The first-order chi connectivity index (χ1) is 11.3. The van der Waals surface area contributed by atoms with Crippen LogP contribution in [0.25, 0.3) is 10.9 Å². The van der Waals surface area contributed by atoms with E-state index < -0.39 is 0 Å². The van der Waals surface area contributed by atoms with Gasteiger partial charge in [-0.15, -0.1) is 0 Å². The fraction of sp³-hybridized carbons (Fsp3) is 0.312. The highest BCUT2D eigenvalue weighted by atomic mass is 16.5. The van der Waals surface area contributed by atoms with E-state index in [1.165, 1.54) is 6.33 Å². The molecule has 4 rings (SSSR count). The molecule has 0 spiro atoms. The molecule has 1 fully saturated rings. The minimum absolute atomic E-state index is 0.00303. The molecule has 3 aromatic rings. The lowest BCUT2D eigenvalue weighted by atomic mass is 10.1. The lowest BCUT2D eigenvalue weighted by molar-refractivity contribution is 0.0684. The summed E-state index contributed by atoms with van der Waals surface area (Å²) in [5, 5.41) is 7.85. The first kappa shape index (κ1) is 14.0. The Bertz CT molecular complexity index is 826. The predicted molar refractivity (Wildman–Crippen MR) is 83.9 cm³/mol. The molecule has 1 amide bonds. The average Bonchev–Trinajstić information content (AvgIpc) is 3.31. The molecule has 1 aliphatic rings. The third kappa shape index (κ3) is 2.39. The number of benzene rings is 1. The number of carbonyl (C=O) groups excluding carboxylic acids is 1. The van der Waals surface area contributed by atoms with Crippen molar-refractivity contribution in [3.05, 3.63) is 48.2 Å². The molecule has 23 heavy (non-hydrogen) atoms. The standard InChI is InChI=1S/C16H17N5O2/c1-23-12-7-14(15-18-9-19-20-15)21(8-12)16(22)11-3-2-10-4-5-17-13(10)6-11/h2-6,9,12,14,17H,7-8H2,1H3,(H,18,19,20)/t12-,14+/m1/s1. The van der Waals surface area contributed by atoms with E-state index in [9.17, 15) is 4.79 Å². The van der Waals surface area contributed by atoms with Gasteiger partial charge >= 0.3 is 0 Å². The molecular formula is C16H17N5O2. The first-order valence-corrected chi connectivity index (χ1v) is 7.52. The summed E-state index contributed by atoms with van der Waals surface area (Å²) in [5.74, 6) is 0.668. The molecule has 0 bridgehead atoms. The van der Waals surface area contributed by atoms with Crippen LogP contribution < -0.4 is 0 Å². The molecule has 0 unspecified atom stereocenters. The van der Waals surface area contributed by atoms with Crippen LogP contribution in [0.3, 0.4) is 0 Å². The van der Waals surface area contributed by atoms with E-state index in [-0.39, 0.29) is 18.1 Å². The van der Waals surface area contributed by atoms with E-state index in [0.29, 0.717) is 24.4 Å². The predicted octanol–water partition coefficient (Wildman–Crippen LogP) is 1.89. The maximum atomic E-state index is 13.0. The summed E-state index contributed by atoms with van der Waals surface area (Å²) in [4.78, 5) is 22.1. The number of ether oxygens (including phenoxy) is 1. The van der Waals surface area contributed by atoms with E-state index in [1.54, 1.807) is 12.0 Å². The zero-order valence-electron chi connectivity index (χ0n) is 12.7. The minimum Gasteiger partial charge on any atom is -0.380 e. The number of aromatic amines is 2. The molecule has 118 valence electrons. The summed E-state index contributed by atoms with van der Waals surface area (Å²) in [6, 6.07) is 7.53. The number of hydrogen-bond acceptors (Lipinski definition) is 4. The molecule has 1 aromatic carbocycles. The molecule has 2 N–H and O–H groups in total. The third-order valence-corrected chi connectivity index (χ3v) is 4.41. The van der Waals surface area contributed by atoms with Gasteiger partial charge in [-0.25, -0.2) is 4.98 Å². The number of hydrogen-bond donors (Lipinski definition) is 2. The zero-order chi connectivity index (χ0) is 15.8. The Labute approximate surface area is 132 Å². The molecule has 0 radical (unpaired) electrons. The molecular weight excluding hydrogens is 294 g/mol. The lowest BCUT2D eigenvalue weighted by Gasteiger charge is -2.22. The van der Waals surface area contributed by atoms with Crippen molar-refractivity contribution < 1.29 is 9.53 Å². The van der Waals surface area contributed by atoms with Crippen LogP contribution in [0.15, 0.2) is 36.8 Å². The van der Waals surface area contributed by atoms with Crippen LogP contribution in [0.2, 0.25) is 0 Å². The van der Waals surface area contributed by atoms with Crippen molar-refractivity contribution in [3.8, 4) is 0 Å². The number of nitrogens with zero attached hydrogens (tertiary/aromatic N) is 3. The molecule has 1 aliphatic heterocycles. The maximum absolute atomic E-state index is 13.0. The number of fused-ring (bicyclic) bond motifs is 1. The van der Waals surface area contributed by atoms with Crippen LogP contribution in [-0.2, 0) is 4.74 Å². The summed E-state index contributed by atoms with van der Waals surface area (Å²) in [5.41, 5.74) is 1.61. The third-order valence-electron chi connectivity index (χ3n) is 4.41.